The average molecular weight is 396 g/mol. The molecular weight excluding hydrogens is 379 g/mol. The lowest BCUT2D eigenvalue weighted by atomic mass is 10.2. The van der Waals surface area contributed by atoms with Gasteiger partial charge in [-0.2, -0.15) is 0 Å². The van der Waals surface area contributed by atoms with Gasteiger partial charge in [0.2, 0.25) is 5.91 Å². The number of carbonyl (C=O) groups excluding carboxylic acids is 1. The highest BCUT2D eigenvalue weighted by molar-refractivity contribution is 14.1. The molecule has 0 heterocycles. The smallest absolute Gasteiger partial charge is 0.243 e. The number of halogens is 1. The molecule has 1 amide bonds. The first-order chi connectivity index (χ1) is 10.1. The Balaban J connectivity index is 1.94. The Labute approximate surface area is 138 Å². The number of methoxy groups -OCH3 is 1. The Morgan fingerprint density at radius 3 is 2.62 bits per heavy atom. The molecule has 0 saturated carbocycles. The lowest BCUT2D eigenvalue weighted by molar-refractivity contribution is -0.114. The van der Waals surface area contributed by atoms with Crippen molar-refractivity contribution < 1.29 is 9.53 Å². The van der Waals surface area contributed by atoms with Crippen LogP contribution in [0.4, 0.5) is 11.4 Å². The van der Waals surface area contributed by atoms with E-state index in [0.717, 1.165) is 26.3 Å². The molecule has 0 aromatic heterocycles. The van der Waals surface area contributed by atoms with Crippen LogP contribution in [0.2, 0.25) is 0 Å². The predicted octanol–water partition coefficient (Wildman–Crippen LogP) is 3.66. The first-order valence-electron chi connectivity index (χ1n) is 6.53. The highest BCUT2D eigenvalue weighted by Gasteiger charge is 2.06. The average Bonchev–Trinajstić information content (AvgIpc) is 2.48. The van der Waals surface area contributed by atoms with E-state index >= 15 is 0 Å². The summed E-state index contributed by atoms with van der Waals surface area (Å²) in [6.07, 6.45) is 0. The largest absolute Gasteiger partial charge is 0.497 e. The van der Waals surface area contributed by atoms with Crippen LogP contribution in [0.5, 0.6) is 5.75 Å². The fraction of sp³-hybridized carbons (Fsp3) is 0.188. The van der Waals surface area contributed by atoms with Gasteiger partial charge in [0.1, 0.15) is 5.75 Å². The molecule has 0 bridgehead atoms. The standard InChI is InChI=1S/C16H17IN2O2/c1-11-9-12(21-2)7-8-14(11)18-10-16(20)19-15-6-4-3-5-13(15)17/h3-9,18H,10H2,1-2H3,(H,19,20). The molecule has 5 heteroatoms. The van der Waals surface area contributed by atoms with E-state index in [4.69, 9.17) is 4.74 Å². The van der Waals surface area contributed by atoms with Crippen LogP contribution in [0.15, 0.2) is 42.5 Å². The normalized spacial score (nSPS) is 10.0. The number of hydrogen-bond acceptors (Lipinski definition) is 3. The maximum atomic E-state index is 12.0. The first-order valence-corrected chi connectivity index (χ1v) is 7.61. The molecule has 21 heavy (non-hydrogen) atoms. The monoisotopic (exact) mass is 396 g/mol. The molecule has 0 unspecified atom stereocenters. The highest BCUT2D eigenvalue weighted by Crippen LogP contribution is 2.21. The molecule has 0 aliphatic heterocycles. The molecule has 0 saturated heterocycles. The zero-order valence-corrected chi connectivity index (χ0v) is 14.1. The minimum atomic E-state index is -0.0747. The van der Waals surface area contributed by atoms with E-state index in [-0.39, 0.29) is 12.5 Å². The zero-order chi connectivity index (χ0) is 15.2. The second kappa shape index (κ2) is 7.31. The molecule has 0 fully saturated rings. The Morgan fingerprint density at radius 1 is 1.19 bits per heavy atom. The van der Waals surface area contributed by atoms with E-state index in [0.29, 0.717) is 0 Å². The van der Waals surface area contributed by atoms with Crippen LogP contribution >= 0.6 is 22.6 Å². The zero-order valence-electron chi connectivity index (χ0n) is 11.9. The molecule has 110 valence electrons. The molecule has 0 aliphatic rings. The van der Waals surface area contributed by atoms with Gasteiger partial charge in [-0.25, -0.2) is 0 Å². The van der Waals surface area contributed by atoms with Crippen molar-refractivity contribution >= 4 is 39.9 Å². The molecule has 2 aromatic carbocycles. The van der Waals surface area contributed by atoms with Gasteiger partial charge in [0.15, 0.2) is 0 Å². The number of aryl methyl sites for hydroxylation is 1. The fourth-order valence-electron chi connectivity index (χ4n) is 1.89. The molecule has 0 radical (unpaired) electrons. The minimum Gasteiger partial charge on any atom is -0.497 e. The Morgan fingerprint density at radius 2 is 1.95 bits per heavy atom. The van der Waals surface area contributed by atoms with Crippen LogP contribution in [0.25, 0.3) is 0 Å². The van der Waals surface area contributed by atoms with Gasteiger partial charge in [0, 0.05) is 9.26 Å². The fourth-order valence-corrected chi connectivity index (χ4v) is 2.42. The van der Waals surface area contributed by atoms with Gasteiger partial charge in [0.25, 0.3) is 0 Å². The summed E-state index contributed by atoms with van der Waals surface area (Å²) < 4.78 is 6.18. The summed E-state index contributed by atoms with van der Waals surface area (Å²) in [7, 11) is 1.64. The maximum absolute atomic E-state index is 12.0. The molecule has 2 rings (SSSR count). The minimum absolute atomic E-state index is 0.0747. The number of amides is 1. The van der Waals surface area contributed by atoms with E-state index in [1.807, 2.05) is 49.4 Å². The third kappa shape index (κ3) is 4.35. The molecule has 0 aliphatic carbocycles. The summed E-state index contributed by atoms with van der Waals surface area (Å²) in [5.41, 5.74) is 2.79. The van der Waals surface area contributed by atoms with Crippen LogP contribution < -0.4 is 15.4 Å². The molecular formula is C16H17IN2O2. The van der Waals surface area contributed by atoms with Gasteiger partial charge in [-0.05, 0) is 65.4 Å². The predicted molar refractivity (Wildman–Crippen MR) is 94.0 cm³/mol. The number of para-hydroxylation sites is 1. The second-order valence-corrected chi connectivity index (χ2v) is 5.72. The first kappa shape index (κ1) is 15.6. The third-order valence-electron chi connectivity index (χ3n) is 3.02. The van der Waals surface area contributed by atoms with E-state index < -0.39 is 0 Å². The van der Waals surface area contributed by atoms with E-state index in [1.54, 1.807) is 7.11 Å². The highest BCUT2D eigenvalue weighted by atomic mass is 127. The van der Waals surface area contributed by atoms with Gasteiger partial charge in [-0.1, -0.05) is 12.1 Å². The van der Waals surface area contributed by atoms with Crippen molar-refractivity contribution in [3.63, 3.8) is 0 Å². The topological polar surface area (TPSA) is 50.4 Å². The molecule has 0 spiro atoms. The summed E-state index contributed by atoms with van der Waals surface area (Å²) in [6, 6.07) is 13.4. The number of benzene rings is 2. The summed E-state index contributed by atoms with van der Waals surface area (Å²) in [4.78, 5) is 12.0. The second-order valence-electron chi connectivity index (χ2n) is 4.56. The van der Waals surface area contributed by atoms with Gasteiger partial charge in [0.05, 0.1) is 19.3 Å². The van der Waals surface area contributed by atoms with Gasteiger partial charge in [-0.15, -0.1) is 0 Å². The third-order valence-corrected chi connectivity index (χ3v) is 3.96. The number of ether oxygens (including phenoxy) is 1. The van der Waals surface area contributed by atoms with Crippen LogP contribution in [0, 0.1) is 10.5 Å². The summed E-state index contributed by atoms with van der Waals surface area (Å²) in [5.74, 6) is 0.732. The van der Waals surface area contributed by atoms with Crippen molar-refractivity contribution in [3.8, 4) is 5.75 Å². The summed E-state index contributed by atoms with van der Waals surface area (Å²) in [6.45, 7) is 2.20. The number of carbonyl (C=O) groups is 1. The van der Waals surface area contributed by atoms with Crippen molar-refractivity contribution in [3.05, 3.63) is 51.6 Å². The van der Waals surface area contributed by atoms with Gasteiger partial charge >= 0.3 is 0 Å². The van der Waals surface area contributed by atoms with Crippen LogP contribution in [0.3, 0.4) is 0 Å². The van der Waals surface area contributed by atoms with Crippen molar-refractivity contribution in [1.29, 1.82) is 0 Å². The van der Waals surface area contributed by atoms with E-state index in [9.17, 15) is 4.79 Å². The van der Waals surface area contributed by atoms with Crippen molar-refractivity contribution in [2.24, 2.45) is 0 Å². The van der Waals surface area contributed by atoms with Crippen LogP contribution in [-0.4, -0.2) is 19.6 Å². The number of rotatable bonds is 5. The van der Waals surface area contributed by atoms with Crippen molar-refractivity contribution in [2.75, 3.05) is 24.3 Å². The van der Waals surface area contributed by atoms with Gasteiger partial charge in [-0.3, -0.25) is 4.79 Å². The number of hydrogen-bond donors (Lipinski definition) is 2. The lowest BCUT2D eigenvalue weighted by Crippen LogP contribution is -2.22. The van der Waals surface area contributed by atoms with Gasteiger partial charge < -0.3 is 15.4 Å². The Kier molecular flexibility index (Phi) is 5.44. The maximum Gasteiger partial charge on any atom is 0.243 e. The lowest BCUT2D eigenvalue weighted by Gasteiger charge is -2.11. The summed E-state index contributed by atoms with van der Waals surface area (Å²) in [5, 5.41) is 6.02. The van der Waals surface area contributed by atoms with E-state index in [1.165, 1.54) is 0 Å². The number of nitrogens with one attached hydrogen (secondary N) is 2. The summed E-state index contributed by atoms with van der Waals surface area (Å²) >= 11 is 2.20. The van der Waals surface area contributed by atoms with Crippen LogP contribution in [0.1, 0.15) is 5.56 Å². The quantitative estimate of drug-likeness (QED) is 0.759. The van der Waals surface area contributed by atoms with Crippen molar-refractivity contribution in [2.45, 2.75) is 6.92 Å². The SMILES string of the molecule is COc1ccc(NCC(=O)Nc2ccccc2I)c(C)c1. The molecule has 0 atom stereocenters. The molecule has 2 N–H and O–H groups in total. The van der Waals surface area contributed by atoms with Crippen molar-refractivity contribution in [1.82, 2.24) is 0 Å². The number of anilines is 2. The van der Waals surface area contributed by atoms with Crippen LogP contribution in [-0.2, 0) is 4.79 Å². The Hall–Kier alpha value is -1.76. The van der Waals surface area contributed by atoms with E-state index in [2.05, 4.69) is 33.2 Å². The Bertz CT molecular complexity index is 644. The molecule has 4 nitrogen and oxygen atoms in total. The molecule has 2 aromatic rings.